The molecule has 1 aliphatic rings. The van der Waals surface area contributed by atoms with Crippen LogP contribution in [0.4, 0.5) is 0 Å². The molecule has 1 aliphatic carbocycles. The van der Waals surface area contributed by atoms with Crippen molar-refractivity contribution in [1.82, 2.24) is 0 Å². The quantitative estimate of drug-likeness (QED) is 0.679. The van der Waals surface area contributed by atoms with Gasteiger partial charge in [-0.25, -0.2) is 4.79 Å². The van der Waals surface area contributed by atoms with Crippen LogP contribution in [0.2, 0.25) is 0 Å². The molecular formula is C9H11NO2. The smallest absolute Gasteiger partial charge is 0.331 e. The molecule has 0 spiro atoms. The highest BCUT2D eigenvalue weighted by molar-refractivity contribution is 5.87. The fourth-order valence-corrected chi connectivity index (χ4v) is 1.52. The number of aliphatic carboxylic acids is 1. The van der Waals surface area contributed by atoms with Crippen LogP contribution in [0.1, 0.15) is 32.1 Å². The molecule has 0 radical (unpaired) electrons. The van der Waals surface area contributed by atoms with Crippen molar-refractivity contribution in [2.75, 3.05) is 0 Å². The van der Waals surface area contributed by atoms with E-state index in [4.69, 9.17) is 10.4 Å². The summed E-state index contributed by atoms with van der Waals surface area (Å²) in [6, 6.07) is 2.00. The molecule has 64 valence electrons. The second kappa shape index (κ2) is 3.91. The van der Waals surface area contributed by atoms with Gasteiger partial charge in [0.1, 0.15) is 0 Å². The molecule has 0 saturated carbocycles. The summed E-state index contributed by atoms with van der Waals surface area (Å²) in [5.41, 5.74) is 1.30. The van der Waals surface area contributed by atoms with Gasteiger partial charge in [-0.3, -0.25) is 0 Å². The standard InChI is InChI=1S/C9H11NO2/c10-6-5-7-3-1-2-4-8(7)9(11)12/h1-5H2,(H,11,12). The number of nitrogens with zero attached hydrogens (tertiary/aromatic N) is 1. The summed E-state index contributed by atoms with van der Waals surface area (Å²) < 4.78 is 0. The monoisotopic (exact) mass is 165 g/mol. The molecule has 0 amide bonds. The minimum Gasteiger partial charge on any atom is -0.478 e. The van der Waals surface area contributed by atoms with Crippen LogP contribution in [0.25, 0.3) is 0 Å². The minimum absolute atomic E-state index is 0.279. The molecule has 0 aromatic carbocycles. The Morgan fingerprint density at radius 2 is 2.17 bits per heavy atom. The second-order valence-corrected chi connectivity index (χ2v) is 2.93. The lowest BCUT2D eigenvalue weighted by Crippen LogP contribution is -2.08. The fourth-order valence-electron chi connectivity index (χ4n) is 1.52. The molecule has 0 bridgehead atoms. The molecule has 0 saturated heterocycles. The van der Waals surface area contributed by atoms with E-state index in [1.54, 1.807) is 0 Å². The van der Waals surface area contributed by atoms with Gasteiger partial charge in [-0.15, -0.1) is 0 Å². The number of hydrogen-bond acceptors (Lipinski definition) is 2. The second-order valence-electron chi connectivity index (χ2n) is 2.93. The number of carboxylic acid groups (broad SMARTS) is 1. The van der Waals surface area contributed by atoms with E-state index in [9.17, 15) is 4.79 Å². The van der Waals surface area contributed by atoms with Crippen LogP contribution < -0.4 is 0 Å². The van der Waals surface area contributed by atoms with Crippen molar-refractivity contribution >= 4 is 5.97 Å². The SMILES string of the molecule is N#CCC1=C(C(=O)O)CCCC1. The Morgan fingerprint density at radius 1 is 1.50 bits per heavy atom. The first-order chi connectivity index (χ1) is 5.75. The molecular weight excluding hydrogens is 154 g/mol. The molecule has 3 nitrogen and oxygen atoms in total. The zero-order valence-corrected chi connectivity index (χ0v) is 6.84. The molecule has 0 heterocycles. The Balaban J connectivity index is 2.84. The maximum atomic E-state index is 10.7. The molecule has 0 aromatic rings. The van der Waals surface area contributed by atoms with Crippen LogP contribution in [-0.2, 0) is 4.79 Å². The highest BCUT2D eigenvalue weighted by Gasteiger charge is 2.17. The molecule has 0 aromatic heterocycles. The maximum absolute atomic E-state index is 10.7. The van der Waals surface area contributed by atoms with Gasteiger partial charge in [0.15, 0.2) is 0 Å². The predicted octanol–water partition coefficient (Wildman–Crippen LogP) is 1.86. The van der Waals surface area contributed by atoms with Gasteiger partial charge < -0.3 is 5.11 Å². The van der Waals surface area contributed by atoms with E-state index in [1.165, 1.54) is 0 Å². The van der Waals surface area contributed by atoms with E-state index in [1.807, 2.05) is 6.07 Å². The van der Waals surface area contributed by atoms with E-state index < -0.39 is 5.97 Å². The Labute approximate surface area is 71.3 Å². The summed E-state index contributed by atoms with van der Waals surface area (Å²) in [5, 5.41) is 17.2. The summed E-state index contributed by atoms with van der Waals surface area (Å²) in [7, 11) is 0. The van der Waals surface area contributed by atoms with E-state index in [0.29, 0.717) is 12.0 Å². The third kappa shape index (κ3) is 1.85. The number of rotatable bonds is 2. The van der Waals surface area contributed by atoms with Crippen molar-refractivity contribution in [2.24, 2.45) is 0 Å². The van der Waals surface area contributed by atoms with Gasteiger partial charge in [-0.1, -0.05) is 0 Å². The highest BCUT2D eigenvalue weighted by atomic mass is 16.4. The summed E-state index contributed by atoms with van der Waals surface area (Å²) in [4.78, 5) is 10.7. The van der Waals surface area contributed by atoms with Crippen LogP contribution in [0.3, 0.4) is 0 Å². The first-order valence-corrected chi connectivity index (χ1v) is 4.07. The van der Waals surface area contributed by atoms with E-state index in [2.05, 4.69) is 0 Å². The van der Waals surface area contributed by atoms with Gasteiger partial charge in [0.05, 0.1) is 12.5 Å². The van der Waals surface area contributed by atoms with Gasteiger partial charge in [-0.05, 0) is 31.3 Å². The Kier molecular flexibility index (Phi) is 2.87. The van der Waals surface area contributed by atoms with E-state index in [0.717, 1.165) is 24.8 Å². The third-order valence-corrected chi connectivity index (χ3v) is 2.13. The van der Waals surface area contributed by atoms with Crippen molar-refractivity contribution in [1.29, 1.82) is 5.26 Å². The van der Waals surface area contributed by atoms with Crippen LogP contribution in [0, 0.1) is 11.3 Å². The molecule has 0 aliphatic heterocycles. The lowest BCUT2D eigenvalue weighted by molar-refractivity contribution is -0.133. The molecule has 0 atom stereocenters. The van der Waals surface area contributed by atoms with Crippen molar-refractivity contribution in [3.8, 4) is 6.07 Å². The van der Waals surface area contributed by atoms with Crippen molar-refractivity contribution in [2.45, 2.75) is 32.1 Å². The highest BCUT2D eigenvalue weighted by Crippen LogP contribution is 2.26. The molecule has 0 fully saturated rings. The van der Waals surface area contributed by atoms with Crippen molar-refractivity contribution in [3.63, 3.8) is 0 Å². The van der Waals surface area contributed by atoms with Crippen molar-refractivity contribution < 1.29 is 9.90 Å². The van der Waals surface area contributed by atoms with E-state index >= 15 is 0 Å². The number of carbonyl (C=O) groups is 1. The Hall–Kier alpha value is -1.30. The van der Waals surface area contributed by atoms with Gasteiger partial charge in [0.25, 0.3) is 0 Å². The molecule has 0 unspecified atom stereocenters. The average Bonchev–Trinajstić information content (AvgIpc) is 2.05. The lowest BCUT2D eigenvalue weighted by Gasteiger charge is -2.14. The zero-order chi connectivity index (χ0) is 8.97. The average molecular weight is 165 g/mol. The number of carboxylic acids is 1. The Morgan fingerprint density at radius 3 is 2.75 bits per heavy atom. The summed E-state index contributed by atoms with van der Waals surface area (Å²) in [6.45, 7) is 0. The van der Waals surface area contributed by atoms with Crippen LogP contribution in [0.15, 0.2) is 11.1 Å². The summed E-state index contributed by atoms with van der Waals surface area (Å²) >= 11 is 0. The van der Waals surface area contributed by atoms with Crippen LogP contribution >= 0.6 is 0 Å². The van der Waals surface area contributed by atoms with Gasteiger partial charge in [0.2, 0.25) is 0 Å². The molecule has 1 N–H and O–H groups in total. The molecule has 12 heavy (non-hydrogen) atoms. The number of allylic oxidation sites excluding steroid dienone is 1. The first kappa shape index (κ1) is 8.79. The maximum Gasteiger partial charge on any atom is 0.331 e. The van der Waals surface area contributed by atoms with Gasteiger partial charge in [0, 0.05) is 5.57 Å². The van der Waals surface area contributed by atoms with Crippen LogP contribution in [-0.4, -0.2) is 11.1 Å². The van der Waals surface area contributed by atoms with Crippen molar-refractivity contribution in [3.05, 3.63) is 11.1 Å². The van der Waals surface area contributed by atoms with Crippen LogP contribution in [0.5, 0.6) is 0 Å². The zero-order valence-electron chi connectivity index (χ0n) is 6.84. The third-order valence-electron chi connectivity index (χ3n) is 2.13. The topological polar surface area (TPSA) is 61.1 Å². The number of nitriles is 1. The Bertz CT molecular complexity index is 260. The first-order valence-electron chi connectivity index (χ1n) is 4.07. The normalized spacial score (nSPS) is 17.2. The predicted molar refractivity (Wildman–Crippen MR) is 43.4 cm³/mol. The molecule has 3 heteroatoms. The minimum atomic E-state index is -0.847. The lowest BCUT2D eigenvalue weighted by atomic mass is 9.90. The van der Waals surface area contributed by atoms with Gasteiger partial charge >= 0.3 is 5.97 Å². The van der Waals surface area contributed by atoms with E-state index in [-0.39, 0.29) is 6.42 Å². The molecule has 1 rings (SSSR count). The van der Waals surface area contributed by atoms with Gasteiger partial charge in [-0.2, -0.15) is 5.26 Å². The fraction of sp³-hybridized carbons (Fsp3) is 0.556. The largest absolute Gasteiger partial charge is 0.478 e. The summed E-state index contributed by atoms with van der Waals surface area (Å²) in [6.07, 6.45) is 3.66. The number of hydrogen-bond donors (Lipinski definition) is 1. The summed E-state index contributed by atoms with van der Waals surface area (Å²) in [5.74, 6) is -0.847.